The molecule has 0 aliphatic carbocycles. The Kier molecular flexibility index (Phi) is 2.63. The molecule has 0 fully saturated rings. The molecule has 0 saturated heterocycles. The van der Waals surface area contributed by atoms with Gasteiger partial charge >= 0.3 is 0 Å². The van der Waals surface area contributed by atoms with Gasteiger partial charge in [-0.2, -0.15) is 0 Å². The first-order valence-corrected chi connectivity index (χ1v) is 5.08. The van der Waals surface area contributed by atoms with E-state index in [2.05, 4.69) is 4.99 Å². The summed E-state index contributed by atoms with van der Waals surface area (Å²) < 4.78 is 0. The Labute approximate surface area is 97.7 Å². The highest BCUT2D eigenvalue weighted by Crippen LogP contribution is 2.34. The number of non-ortho nitro benzene ring substituents is 1. The standard InChI is InChI=1S/C11H11N3O3/c1-7-5-11(15)13(2)10-4-3-8(14(16)17)6-9(10)12-7/h3-4,6H,5H2,1-2H3. The molecular formula is C11H11N3O3. The quantitative estimate of drug-likeness (QED) is 0.550. The number of nitrogens with zero attached hydrogens (tertiary/aromatic N) is 3. The van der Waals surface area contributed by atoms with Crippen molar-refractivity contribution in [2.45, 2.75) is 13.3 Å². The molecule has 0 atom stereocenters. The maximum atomic E-state index is 11.7. The van der Waals surface area contributed by atoms with Gasteiger partial charge in [-0.1, -0.05) is 0 Å². The summed E-state index contributed by atoms with van der Waals surface area (Å²) in [6.07, 6.45) is 0.235. The van der Waals surface area contributed by atoms with Crippen molar-refractivity contribution in [3.05, 3.63) is 28.3 Å². The van der Waals surface area contributed by atoms with Crippen LogP contribution >= 0.6 is 0 Å². The molecule has 0 bridgehead atoms. The number of nitro benzene ring substituents is 1. The average Bonchev–Trinajstić information content (AvgIpc) is 2.36. The van der Waals surface area contributed by atoms with Gasteiger partial charge in [0.15, 0.2) is 0 Å². The Morgan fingerprint density at radius 2 is 2.18 bits per heavy atom. The highest BCUT2D eigenvalue weighted by molar-refractivity contribution is 6.10. The molecule has 2 rings (SSSR count). The summed E-state index contributed by atoms with van der Waals surface area (Å²) in [6.45, 7) is 1.74. The maximum Gasteiger partial charge on any atom is 0.271 e. The lowest BCUT2D eigenvalue weighted by Crippen LogP contribution is -2.26. The minimum atomic E-state index is -0.474. The zero-order chi connectivity index (χ0) is 12.6. The molecule has 1 heterocycles. The second-order valence-corrected chi connectivity index (χ2v) is 3.91. The third kappa shape index (κ3) is 2.01. The Morgan fingerprint density at radius 1 is 1.47 bits per heavy atom. The number of rotatable bonds is 1. The van der Waals surface area contributed by atoms with Crippen molar-refractivity contribution in [3.8, 4) is 0 Å². The van der Waals surface area contributed by atoms with E-state index >= 15 is 0 Å². The van der Waals surface area contributed by atoms with Gasteiger partial charge in [0.2, 0.25) is 5.91 Å². The fraction of sp³-hybridized carbons (Fsp3) is 0.273. The fourth-order valence-corrected chi connectivity index (χ4v) is 1.72. The van der Waals surface area contributed by atoms with E-state index in [1.165, 1.54) is 17.0 Å². The van der Waals surface area contributed by atoms with E-state index in [9.17, 15) is 14.9 Å². The number of carbonyl (C=O) groups excluding carboxylic acids is 1. The third-order valence-electron chi connectivity index (χ3n) is 2.62. The Morgan fingerprint density at radius 3 is 2.82 bits per heavy atom. The molecule has 0 aromatic heterocycles. The number of hydrogen-bond acceptors (Lipinski definition) is 4. The molecule has 0 N–H and O–H groups in total. The zero-order valence-electron chi connectivity index (χ0n) is 9.51. The summed E-state index contributed by atoms with van der Waals surface area (Å²) in [6, 6.07) is 4.31. The first kappa shape index (κ1) is 11.3. The predicted molar refractivity (Wildman–Crippen MR) is 63.9 cm³/mol. The van der Waals surface area contributed by atoms with Crippen LogP contribution in [0, 0.1) is 10.1 Å². The van der Waals surface area contributed by atoms with Crippen molar-refractivity contribution in [2.24, 2.45) is 4.99 Å². The average molecular weight is 233 g/mol. The van der Waals surface area contributed by atoms with Gasteiger partial charge in [-0.05, 0) is 13.0 Å². The van der Waals surface area contributed by atoms with Crippen molar-refractivity contribution in [3.63, 3.8) is 0 Å². The van der Waals surface area contributed by atoms with Crippen molar-refractivity contribution in [2.75, 3.05) is 11.9 Å². The number of anilines is 1. The number of fused-ring (bicyclic) bond motifs is 1. The van der Waals surface area contributed by atoms with Gasteiger partial charge in [-0.3, -0.25) is 19.9 Å². The number of carbonyl (C=O) groups is 1. The van der Waals surface area contributed by atoms with Crippen LogP contribution in [0.5, 0.6) is 0 Å². The smallest absolute Gasteiger partial charge is 0.271 e. The zero-order valence-corrected chi connectivity index (χ0v) is 9.51. The molecule has 0 radical (unpaired) electrons. The number of benzene rings is 1. The van der Waals surface area contributed by atoms with Crippen molar-refractivity contribution in [1.29, 1.82) is 0 Å². The molecule has 1 aromatic rings. The van der Waals surface area contributed by atoms with Gasteiger partial charge in [0.25, 0.3) is 5.69 Å². The van der Waals surface area contributed by atoms with E-state index in [1.807, 2.05) is 0 Å². The maximum absolute atomic E-state index is 11.7. The fourth-order valence-electron chi connectivity index (χ4n) is 1.72. The van der Waals surface area contributed by atoms with Gasteiger partial charge in [-0.25, -0.2) is 0 Å². The Hall–Kier alpha value is -2.24. The first-order valence-electron chi connectivity index (χ1n) is 5.08. The molecule has 1 amide bonds. The first-order chi connectivity index (χ1) is 7.99. The monoisotopic (exact) mass is 233 g/mol. The lowest BCUT2D eigenvalue weighted by molar-refractivity contribution is -0.384. The van der Waals surface area contributed by atoms with E-state index in [4.69, 9.17) is 0 Å². The van der Waals surface area contributed by atoms with Gasteiger partial charge < -0.3 is 4.90 Å². The van der Waals surface area contributed by atoms with Crippen molar-refractivity contribution in [1.82, 2.24) is 0 Å². The van der Waals surface area contributed by atoms with E-state index in [-0.39, 0.29) is 18.0 Å². The molecule has 0 unspecified atom stereocenters. The molecule has 0 spiro atoms. The van der Waals surface area contributed by atoms with Crippen LogP contribution < -0.4 is 4.90 Å². The minimum Gasteiger partial charge on any atom is -0.313 e. The molecular weight excluding hydrogens is 222 g/mol. The summed E-state index contributed by atoms with van der Waals surface area (Å²) >= 11 is 0. The number of amides is 1. The van der Waals surface area contributed by atoms with Crippen LogP contribution in [-0.2, 0) is 4.79 Å². The van der Waals surface area contributed by atoms with Crippen LogP contribution in [0.15, 0.2) is 23.2 Å². The van der Waals surface area contributed by atoms with Crippen molar-refractivity contribution < 1.29 is 9.72 Å². The summed E-state index contributed by atoms with van der Waals surface area (Å²) in [5.74, 6) is -0.0705. The molecule has 88 valence electrons. The lowest BCUT2D eigenvalue weighted by atomic mass is 10.2. The van der Waals surface area contributed by atoms with Crippen LogP contribution in [0.2, 0.25) is 0 Å². The van der Waals surface area contributed by atoms with Crippen LogP contribution in [0.3, 0.4) is 0 Å². The van der Waals surface area contributed by atoms with Gasteiger partial charge in [0.1, 0.15) is 0 Å². The number of hydrogen-bond donors (Lipinski definition) is 0. The lowest BCUT2D eigenvalue weighted by Gasteiger charge is -2.15. The molecule has 1 aliphatic heterocycles. The molecule has 6 heteroatoms. The normalized spacial score (nSPS) is 15.1. The molecule has 0 saturated carbocycles. The van der Waals surface area contributed by atoms with E-state index in [1.54, 1.807) is 20.0 Å². The highest BCUT2D eigenvalue weighted by atomic mass is 16.6. The SMILES string of the molecule is CC1=Nc2cc([N+](=O)[O-])ccc2N(C)C(=O)C1. The highest BCUT2D eigenvalue weighted by Gasteiger charge is 2.21. The third-order valence-corrected chi connectivity index (χ3v) is 2.62. The van der Waals surface area contributed by atoms with Crippen LogP contribution in [0.1, 0.15) is 13.3 Å². The van der Waals surface area contributed by atoms with E-state index < -0.39 is 4.92 Å². The van der Waals surface area contributed by atoms with Gasteiger partial charge in [-0.15, -0.1) is 0 Å². The predicted octanol–water partition coefficient (Wildman–Crippen LogP) is 2.05. The van der Waals surface area contributed by atoms with Gasteiger partial charge in [0.05, 0.1) is 22.7 Å². The van der Waals surface area contributed by atoms with E-state index in [0.717, 1.165) is 0 Å². The Bertz CT molecular complexity index is 537. The van der Waals surface area contributed by atoms with Gasteiger partial charge in [0, 0.05) is 24.9 Å². The summed E-state index contributed by atoms with van der Waals surface area (Å²) in [5, 5.41) is 10.7. The largest absolute Gasteiger partial charge is 0.313 e. The number of aliphatic imine (C=N–C) groups is 1. The molecule has 6 nitrogen and oxygen atoms in total. The van der Waals surface area contributed by atoms with Crippen molar-refractivity contribution >= 4 is 28.7 Å². The Balaban J connectivity index is 2.59. The number of nitro groups is 1. The second-order valence-electron chi connectivity index (χ2n) is 3.91. The topological polar surface area (TPSA) is 75.8 Å². The second kappa shape index (κ2) is 3.97. The minimum absolute atomic E-state index is 0.0250. The summed E-state index contributed by atoms with van der Waals surface area (Å²) in [5.41, 5.74) is 1.69. The molecule has 17 heavy (non-hydrogen) atoms. The molecule has 1 aliphatic rings. The van der Waals surface area contributed by atoms with Crippen LogP contribution in [-0.4, -0.2) is 23.6 Å². The summed E-state index contributed by atoms with van der Waals surface area (Å²) in [4.78, 5) is 27.6. The molecule has 1 aromatic carbocycles. The van der Waals surface area contributed by atoms with Crippen LogP contribution in [0.25, 0.3) is 0 Å². The summed E-state index contributed by atoms with van der Waals surface area (Å²) in [7, 11) is 1.64. The van der Waals surface area contributed by atoms with E-state index in [0.29, 0.717) is 17.1 Å². The van der Waals surface area contributed by atoms with Crippen LogP contribution in [0.4, 0.5) is 17.1 Å².